The molecule has 2 aromatic rings. The Morgan fingerprint density at radius 2 is 2.04 bits per heavy atom. The summed E-state index contributed by atoms with van der Waals surface area (Å²) in [6.07, 6.45) is 2.93. The molecule has 0 bridgehead atoms. The van der Waals surface area contributed by atoms with Crippen molar-refractivity contribution in [1.82, 2.24) is 14.8 Å². The summed E-state index contributed by atoms with van der Waals surface area (Å²) in [5, 5.41) is 13.9. The van der Waals surface area contributed by atoms with Crippen LogP contribution in [0.3, 0.4) is 0 Å². The van der Waals surface area contributed by atoms with Crippen LogP contribution in [0.2, 0.25) is 0 Å². The van der Waals surface area contributed by atoms with E-state index in [0.29, 0.717) is 11.3 Å². The molecule has 1 aliphatic rings. The molecule has 0 amide bonds. The first-order chi connectivity index (χ1) is 13.1. The van der Waals surface area contributed by atoms with Crippen LogP contribution < -0.4 is 0 Å². The van der Waals surface area contributed by atoms with Crippen LogP contribution in [0.15, 0.2) is 23.9 Å². The summed E-state index contributed by atoms with van der Waals surface area (Å²) in [5.74, 6) is -0.719. The second-order valence-electron chi connectivity index (χ2n) is 7.87. The molecular weight excluding hydrogens is 359 g/mol. The van der Waals surface area contributed by atoms with Crippen molar-refractivity contribution in [3.8, 4) is 17.2 Å². The van der Waals surface area contributed by atoms with Crippen LogP contribution in [0.4, 0.5) is 4.39 Å². The number of ketones is 1. The van der Waals surface area contributed by atoms with Crippen molar-refractivity contribution in [1.29, 1.82) is 5.26 Å². The highest BCUT2D eigenvalue weighted by molar-refractivity contribution is 6.04. The molecule has 0 N–H and O–H groups in total. The number of pyridine rings is 1. The number of allylic oxidation sites excluding steroid dienone is 1. The lowest BCUT2D eigenvalue weighted by molar-refractivity contribution is -0.128. The fourth-order valence-corrected chi connectivity index (χ4v) is 4.04. The molecule has 1 unspecified atom stereocenters. The second-order valence-corrected chi connectivity index (χ2v) is 7.87. The maximum Gasteiger partial charge on any atom is 0.178 e. The third kappa shape index (κ3) is 2.94. The number of aryl methyl sites for hydroxylation is 2. The van der Waals surface area contributed by atoms with Gasteiger partial charge in [-0.2, -0.15) is 10.4 Å². The summed E-state index contributed by atoms with van der Waals surface area (Å²) in [5.41, 5.74) is 1.41. The Kier molecular flexibility index (Phi) is 4.72. The van der Waals surface area contributed by atoms with Gasteiger partial charge in [-0.05, 0) is 32.4 Å². The molecule has 1 atom stereocenters. The van der Waals surface area contributed by atoms with Gasteiger partial charge in [0.05, 0.1) is 23.2 Å². The van der Waals surface area contributed by atoms with Gasteiger partial charge >= 0.3 is 0 Å². The number of rotatable bonds is 3. The third-order valence-electron chi connectivity index (χ3n) is 5.46. The van der Waals surface area contributed by atoms with Crippen LogP contribution in [0.5, 0.6) is 0 Å². The normalized spacial score (nSPS) is 21.4. The van der Waals surface area contributed by atoms with E-state index in [-0.39, 0.29) is 17.8 Å². The number of carbonyl (C=O) groups is 1. The van der Waals surface area contributed by atoms with Gasteiger partial charge in [0.15, 0.2) is 5.78 Å². The van der Waals surface area contributed by atoms with E-state index >= 15 is 0 Å². The number of nitrogens with zero attached hydrogens (tertiary/aromatic N) is 4. The summed E-state index contributed by atoms with van der Waals surface area (Å²) in [6, 6.07) is 3.39. The Morgan fingerprint density at radius 3 is 2.57 bits per heavy atom. The van der Waals surface area contributed by atoms with Crippen LogP contribution in [-0.2, 0) is 22.2 Å². The van der Waals surface area contributed by atoms with E-state index in [9.17, 15) is 14.4 Å². The molecule has 1 aliphatic carbocycles. The van der Waals surface area contributed by atoms with E-state index in [4.69, 9.17) is 4.74 Å². The number of methoxy groups -OCH3 is 1. The van der Waals surface area contributed by atoms with Gasteiger partial charge in [0.25, 0.3) is 0 Å². The molecule has 0 spiro atoms. The Bertz CT molecular complexity index is 1050. The highest BCUT2D eigenvalue weighted by atomic mass is 19.1. The molecule has 0 saturated carbocycles. The molecule has 146 valence electrons. The maximum absolute atomic E-state index is 14.2. The van der Waals surface area contributed by atoms with E-state index in [1.165, 1.54) is 19.3 Å². The maximum atomic E-state index is 14.2. The molecule has 0 fully saturated rings. The summed E-state index contributed by atoms with van der Waals surface area (Å²) in [7, 11) is 3.33. The number of halogens is 1. The first kappa shape index (κ1) is 19.9. The fraction of sp³-hybridized carbons (Fsp3) is 0.429. The predicted octanol–water partition coefficient (Wildman–Crippen LogP) is 3.53. The van der Waals surface area contributed by atoms with Gasteiger partial charge in [-0.1, -0.05) is 13.8 Å². The standard InChI is InChI=1S/C21H23FN4O2/c1-12-17(13(2)26(5)25-12)16-7-15(22)10-24-18(16)21(28-6)8-14(9-23)19(27)20(3,4)11-21/h7-8,10H,11H2,1-6H3. The second kappa shape index (κ2) is 6.64. The number of hydrogen-bond acceptors (Lipinski definition) is 5. The van der Waals surface area contributed by atoms with Crippen molar-refractivity contribution in [2.24, 2.45) is 12.5 Å². The minimum absolute atomic E-state index is 0.0230. The summed E-state index contributed by atoms with van der Waals surface area (Å²) >= 11 is 0. The van der Waals surface area contributed by atoms with Gasteiger partial charge in [0, 0.05) is 36.4 Å². The SMILES string of the molecule is COC1(c2ncc(F)cc2-c2c(C)nn(C)c2C)C=C(C#N)C(=O)C(C)(C)C1. The zero-order valence-corrected chi connectivity index (χ0v) is 16.9. The van der Waals surface area contributed by atoms with Crippen molar-refractivity contribution < 1.29 is 13.9 Å². The molecule has 6 nitrogen and oxygen atoms in total. The van der Waals surface area contributed by atoms with E-state index in [1.807, 2.05) is 27.0 Å². The van der Waals surface area contributed by atoms with Crippen LogP contribution >= 0.6 is 0 Å². The lowest BCUT2D eigenvalue weighted by atomic mass is 9.68. The zero-order chi connectivity index (χ0) is 20.9. The highest BCUT2D eigenvalue weighted by Crippen LogP contribution is 2.47. The van der Waals surface area contributed by atoms with Crippen molar-refractivity contribution in [3.63, 3.8) is 0 Å². The molecule has 0 radical (unpaired) electrons. The Balaban J connectivity index is 2.36. The van der Waals surface area contributed by atoms with E-state index < -0.39 is 16.8 Å². The van der Waals surface area contributed by atoms with Gasteiger partial charge in [0.1, 0.15) is 17.5 Å². The monoisotopic (exact) mass is 382 g/mol. The highest BCUT2D eigenvalue weighted by Gasteiger charge is 2.48. The number of Topliss-reactive ketones (excluding diaryl/α,β-unsaturated/α-hetero) is 1. The number of aromatic nitrogens is 3. The Morgan fingerprint density at radius 1 is 1.36 bits per heavy atom. The fourth-order valence-electron chi connectivity index (χ4n) is 4.04. The lowest BCUT2D eigenvalue weighted by Gasteiger charge is -2.40. The van der Waals surface area contributed by atoms with Crippen LogP contribution in [0, 0.1) is 36.4 Å². The summed E-state index contributed by atoms with van der Waals surface area (Å²) in [4.78, 5) is 17.0. The molecule has 3 rings (SSSR count). The first-order valence-electron chi connectivity index (χ1n) is 8.96. The van der Waals surface area contributed by atoms with E-state index in [1.54, 1.807) is 18.5 Å². The average molecular weight is 382 g/mol. The molecular formula is C21H23FN4O2. The summed E-state index contributed by atoms with van der Waals surface area (Å²) in [6.45, 7) is 7.30. The number of nitriles is 1. The number of ether oxygens (including phenoxy) is 1. The third-order valence-corrected chi connectivity index (χ3v) is 5.46. The van der Waals surface area contributed by atoms with Gasteiger partial charge in [-0.25, -0.2) is 4.39 Å². The van der Waals surface area contributed by atoms with E-state index in [2.05, 4.69) is 10.1 Å². The topological polar surface area (TPSA) is 80.8 Å². The molecule has 28 heavy (non-hydrogen) atoms. The van der Waals surface area contributed by atoms with Crippen LogP contribution in [0.25, 0.3) is 11.1 Å². The summed E-state index contributed by atoms with van der Waals surface area (Å²) < 4.78 is 21.8. The van der Waals surface area contributed by atoms with Gasteiger partial charge in [0.2, 0.25) is 0 Å². The van der Waals surface area contributed by atoms with Crippen molar-refractivity contribution in [2.75, 3.05) is 7.11 Å². The lowest BCUT2D eigenvalue weighted by Crippen LogP contribution is -2.43. The molecule has 0 aliphatic heterocycles. The van der Waals surface area contributed by atoms with Gasteiger partial charge in [-0.3, -0.25) is 14.5 Å². The first-order valence-corrected chi connectivity index (χ1v) is 8.96. The molecule has 2 aromatic heterocycles. The average Bonchev–Trinajstić information content (AvgIpc) is 2.89. The van der Waals surface area contributed by atoms with Gasteiger partial charge in [-0.15, -0.1) is 0 Å². The Hall–Kier alpha value is -2.85. The molecule has 0 saturated heterocycles. The Labute approximate surface area is 163 Å². The molecule has 2 heterocycles. The minimum atomic E-state index is -1.14. The zero-order valence-electron chi connectivity index (χ0n) is 16.9. The smallest absolute Gasteiger partial charge is 0.178 e. The van der Waals surface area contributed by atoms with Gasteiger partial charge < -0.3 is 4.74 Å². The minimum Gasteiger partial charge on any atom is -0.368 e. The van der Waals surface area contributed by atoms with Crippen LogP contribution in [-0.4, -0.2) is 27.7 Å². The number of hydrogen-bond donors (Lipinski definition) is 0. The van der Waals surface area contributed by atoms with E-state index in [0.717, 1.165) is 23.1 Å². The molecule has 0 aromatic carbocycles. The quantitative estimate of drug-likeness (QED) is 0.811. The largest absolute Gasteiger partial charge is 0.368 e. The van der Waals surface area contributed by atoms with Crippen LogP contribution in [0.1, 0.15) is 37.4 Å². The molecule has 7 heteroatoms. The van der Waals surface area contributed by atoms with Crippen molar-refractivity contribution in [3.05, 3.63) is 46.8 Å². The predicted molar refractivity (Wildman–Crippen MR) is 102 cm³/mol. The van der Waals surface area contributed by atoms with Crippen molar-refractivity contribution >= 4 is 5.78 Å². The number of carbonyl (C=O) groups excluding carboxylic acids is 1. The van der Waals surface area contributed by atoms with Crippen molar-refractivity contribution in [2.45, 2.75) is 39.7 Å².